The monoisotopic (exact) mass is 284 g/mol. The molecule has 0 amide bonds. The van der Waals surface area contributed by atoms with Crippen molar-refractivity contribution in [3.05, 3.63) is 28.2 Å². The van der Waals surface area contributed by atoms with Crippen LogP contribution in [0.3, 0.4) is 0 Å². The largest absolute Gasteiger partial charge is 0.378 e. The summed E-state index contributed by atoms with van der Waals surface area (Å²) in [5.74, 6) is 0. The van der Waals surface area contributed by atoms with Gasteiger partial charge in [-0.2, -0.15) is 0 Å². The molecule has 0 unspecified atom stereocenters. The Labute approximate surface area is 107 Å². The summed E-state index contributed by atoms with van der Waals surface area (Å²) in [5, 5.41) is 3.48. The molecule has 0 aliphatic rings. The number of anilines is 1. The van der Waals surface area contributed by atoms with Crippen molar-refractivity contribution >= 4 is 21.6 Å². The van der Waals surface area contributed by atoms with E-state index in [1.165, 1.54) is 11.3 Å². The number of halogens is 1. The summed E-state index contributed by atoms with van der Waals surface area (Å²) in [5.41, 5.74) is 2.66. The molecular weight excluding hydrogens is 264 g/mol. The van der Waals surface area contributed by atoms with Gasteiger partial charge < -0.3 is 10.2 Å². The fraction of sp³-hybridized carbons (Fsp3) is 0.538. The normalized spacial score (nSPS) is 11.6. The molecule has 1 aromatic carbocycles. The Hall–Kier alpha value is -0.540. The summed E-state index contributed by atoms with van der Waals surface area (Å²) < 4.78 is 1.16. The van der Waals surface area contributed by atoms with Crippen molar-refractivity contribution in [3.8, 4) is 0 Å². The molecule has 0 radical (unpaired) electrons. The van der Waals surface area contributed by atoms with E-state index in [0.717, 1.165) is 11.0 Å². The molecule has 0 aliphatic carbocycles. The van der Waals surface area contributed by atoms with Crippen LogP contribution in [-0.4, -0.2) is 19.6 Å². The van der Waals surface area contributed by atoms with Crippen molar-refractivity contribution < 1.29 is 0 Å². The highest BCUT2D eigenvalue weighted by Crippen LogP contribution is 2.23. The molecule has 0 atom stereocenters. The van der Waals surface area contributed by atoms with E-state index in [2.05, 4.69) is 79.2 Å². The van der Waals surface area contributed by atoms with Gasteiger partial charge in [0.05, 0.1) is 0 Å². The minimum atomic E-state index is 0.152. The maximum atomic E-state index is 3.62. The molecule has 1 rings (SSSR count). The van der Waals surface area contributed by atoms with Crippen LogP contribution >= 0.6 is 15.9 Å². The van der Waals surface area contributed by atoms with E-state index in [4.69, 9.17) is 0 Å². The summed E-state index contributed by atoms with van der Waals surface area (Å²) in [4.78, 5) is 2.10. The smallest absolute Gasteiger partial charge is 0.0372 e. The summed E-state index contributed by atoms with van der Waals surface area (Å²) in [6.07, 6.45) is 0. The van der Waals surface area contributed by atoms with Crippen molar-refractivity contribution in [2.75, 3.05) is 19.0 Å². The molecule has 0 spiro atoms. The summed E-state index contributed by atoms with van der Waals surface area (Å²) in [7, 11) is 4.10. The van der Waals surface area contributed by atoms with Crippen LogP contribution in [0.15, 0.2) is 22.7 Å². The van der Waals surface area contributed by atoms with E-state index < -0.39 is 0 Å². The fourth-order valence-corrected chi connectivity index (χ4v) is 1.83. The molecule has 0 saturated carbocycles. The van der Waals surface area contributed by atoms with Gasteiger partial charge in [0.15, 0.2) is 0 Å². The number of benzene rings is 1. The number of nitrogens with one attached hydrogen (secondary N) is 1. The van der Waals surface area contributed by atoms with Gasteiger partial charge in [-0.3, -0.25) is 0 Å². The van der Waals surface area contributed by atoms with Crippen molar-refractivity contribution in [1.29, 1.82) is 0 Å². The Morgan fingerprint density at radius 2 is 1.88 bits per heavy atom. The lowest BCUT2D eigenvalue weighted by molar-refractivity contribution is 0.424. The number of nitrogens with zero attached hydrogens (tertiary/aromatic N) is 1. The lowest BCUT2D eigenvalue weighted by Gasteiger charge is -2.21. The topological polar surface area (TPSA) is 15.3 Å². The molecule has 0 fully saturated rings. The Morgan fingerprint density at radius 3 is 2.31 bits per heavy atom. The zero-order valence-corrected chi connectivity index (χ0v) is 12.4. The Balaban J connectivity index is 2.76. The first-order valence-electron chi connectivity index (χ1n) is 5.50. The molecule has 3 heteroatoms. The lowest BCUT2D eigenvalue weighted by Crippen LogP contribution is -2.35. The van der Waals surface area contributed by atoms with Gasteiger partial charge in [-0.25, -0.2) is 0 Å². The maximum Gasteiger partial charge on any atom is 0.0372 e. The van der Waals surface area contributed by atoms with E-state index in [1.54, 1.807) is 0 Å². The second-order valence-electron chi connectivity index (χ2n) is 5.27. The third kappa shape index (κ3) is 4.14. The highest BCUT2D eigenvalue weighted by Gasteiger charge is 2.10. The summed E-state index contributed by atoms with van der Waals surface area (Å²) >= 11 is 3.62. The molecule has 0 aliphatic heterocycles. The lowest BCUT2D eigenvalue weighted by atomic mass is 10.1. The Morgan fingerprint density at radius 1 is 1.25 bits per heavy atom. The summed E-state index contributed by atoms with van der Waals surface area (Å²) in [6, 6.07) is 6.46. The van der Waals surface area contributed by atoms with Gasteiger partial charge in [0.1, 0.15) is 0 Å². The van der Waals surface area contributed by atoms with Gasteiger partial charge in [0, 0.05) is 36.3 Å². The molecular formula is C13H21BrN2. The quantitative estimate of drug-likeness (QED) is 0.915. The number of rotatable bonds is 3. The minimum Gasteiger partial charge on any atom is -0.378 e. The van der Waals surface area contributed by atoms with Crippen LogP contribution in [0.5, 0.6) is 0 Å². The predicted octanol–water partition coefficient (Wildman–Crippen LogP) is 3.40. The molecule has 0 bridgehead atoms. The zero-order chi connectivity index (χ0) is 12.3. The molecule has 1 aromatic rings. The molecule has 0 saturated heterocycles. The van der Waals surface area contributed by atoms with E-state index in [-0.39, 0.29) is 5.54 Å². The second-order valence-corrected chi connectivity index (χ2v) is 6.13. The molecule has 1 N–H and O–H groups in total. The van der Waals surface area contributed by atoms with Crippen molar-refractivity contribution in [2.45, 2.75) is 32.9 Å². The van der Waals surface area contributed by atoms with Gasteiger partial charge in [0.25, 0.3) is 0 Å². The van der Waals surface area contributed by atoms with E-state index in [1.807, 2.05) is 0 Å². The Bertz CT molecular complexity index is 353. The van der Waals surface area contributed by atoms with Gasteiger partial charge >= 0.3 is 0 Å². The Kier molecular flexibility index (Phi) is 4.39. The molecule has 0 aromatic heterocycles. The average molecular weight is 285 g/mol. The third-order valence-electron chi connectivity index (χ3n) is 2.36. The van der Waals surface area contributed by atoms with E-state index in [0.29, 0.717) is 0 Å². The van der Waals surface area contributed by atoms with Crippen molar-refractivity contribution in [2.24, 2.45) is 0 Å². The predicted molar refractivity (Wildman–Crippen MR) is 75.1 cm³/mol. The van der Waals surface area contributed by atoms with Gasteiger partial charge in [-0.05, 0) is 38.5 Å². The first kappa shape index (κ1) is 13.5. The van der Waals surface area contributed by atoms with Crippen LogP contribution in [0.2, 0.25) is 0 Å². The van der Waals surface area contributed by atoms with E-state index >= 15 is 0 Å². The molecule has 2 nitrogen and oxygen atoms in total. The molecule has 0 heterocycles. The maximum absolute atomic E-state index is 3.62. The van der Waals surface area contributed by atoms with Crippen molar-refractivity contribution in [3.63, 3.8) is 0 Å². The molecule has 90 valence electrons. The van der Waals surface area contributed by atoms with Crippen LogP contribution < -0.4 is 10.2 Å². The third-order valence-corrected chi connectivity index (χ3v) is 3.10. The van der Waals surface area contributed by atoms with Gasteiger partial charge in [0.2, 0.25) is 0 Å². The average Bonchev–Trinajstić information content (AvgIpc) is 2.14. The van der Waals surface area contributed by atoms with Crippen molar-refractivity contribution in [1.82, 2.24) is 5.32 Å². The second kappa shape index (κ2) is 5.19. The number of hydrogen-bond acceptors (Lipinski definition) is 2. The van der Waals surface area contributed by atoms with Gasteiger partial charge in [-0.1, -0.05) is 22.0 Å². The minimum absolute atomic E-state index is 0.152. The van der Waals surface area contributed by atoms with Crippen LogP contribution in [0.25, 0.3) is 0 Å². The fourth-order valence-electron chi connectivity index (χ4n) is 1.32. The molecule has 16 heavy (non-hydrogen) atoms. The standard InChI is InChI=1S/C13H21BrN2/c1-13(2,3)15-9-10-6-7-11(16(4)5)8-12(10)14/h6-8,15H,9H2,1-5H3. The SMILES string of the molecule is CN(C)c1ccc(CNC(C)(C)C)c(Br)c1. The first-order valence-corrected chi connectivity index (χ1v) is 6.30. The van der Waals surface area contributed by atoms with Crippen LogP contribution in [0, 0.1) is 0 Å². The highest BCUT2D eigenvalue weighted by molar-refractivity contribution is 9.10. The van der Waals surface area contributed by atoms with Crippen LogP contribution in [-0.2, 0) is 6.54 Å². The summed E-state index contributed by atoms with van der Waals surface area (Å²) in [6.45, 7) is 7.41. The van der Waals surface area contributed by atoms with Crippen LogP contribution in [0.4, 0.5) is 5.69 Å². The highest BCUT2D eigenvalue weighted by atomic mass is 79.9. The van der Waals surface area contributed by atoms with Crippen LogP contribution in [0.1, 0.15) is 26.3 Å². The number of hydrogen-bond donors (Lipinski definition) is 1. The van der Waals surface area contributed by atoms with E-state index in [9.17, 15) is 0 Å². The first-order chi connectivity index (χ1) is 7.29. The van der Waals surface area contributed by atoms with Gasteiger partial charge in [-0.15, -0.1) is 0 Å². The zero-order valence-electron chi connectivity index (χ0n) is 10.8.